The van der Waals surface area contributed by atoms with Crippen LogP contribution in [0.4, 0.5) is 9.59 Å². The predicted molar refractivity (Wildman–Crippen MR) is 75.8 cm³/mol. The van der Waals surface area contributed by atoms with E-state index in [1.807, 2.05) is 0 Å². The molecule has 0 atom stereocenters. The molecule has 0 fully saturated rings. The van der Waals surface area contributed by atoms with Crippen molar-refractivity contribution in [3.05, 3.63) is 0 Å². The van der Waals surface area contributed by atoms with Crippen molar-refractivity contribution in [3.8, 4) is 0 Å². The molecule has 0 aromatic carbocycles. The summed E-state index contributed by atoms with van der Waals surface area (Å²) < 4.78 is 14.9. The molecule has 0 bridgehead atoms. The van der Waals surface area contributed by atoms with E-state index in [9.17, 15) is 14.4 Å². The van der Waals surface area contributed by atoms with Crippen LogP contribution < -0.4 is 0 Å². The normalized spacial score (nSPS) is 11.6. The lowest BCUT2D eigenvalue weighted by Gasteiger charge is -2.28. The molecular weight excluding hydrogens is 278 g/mol. The molecule has 0 aromatic rings. The summed E-state index contributed by atoms with van der Waals surface area (Å²) in [7, 11) is 0. The van der Waals surface area contributed by atoms with Gasteiger partial charge in [0.25, 0.3) is 0 Å². The summed E-state index contributed by atoms with van der Waals surface area (Å²) in [5.41, 5.74) is -1.60. The van der Waals surface area contributed by atoms with Crippen molar-refractivity contribution in [1.29, 1.82) is 0 Å². The number of nitrogens with zero attached hydrogens (tertiary/aromatic N) is 1. The standard InChI is InChI=1S/C14H25NO6/c1-8-19-10(16)9-15(11(17)20-13(2,3)4)12(18)21-14(5,6)7/h8-9H2,1-7H3. The van der Waals surface area contributed by atoms with E-state index < -0.39 is 35.9 Å². The van der Waals surface area contributed by atoms with Gasteiger partial charge in [0.05, 0.1) is 6.61 Å². The van der Waals surface area contributed by atoms with E-state index in [2.05, 4.69) is 0 Å². The van der Waals surface area contributed by atoms with Crippen LogP contribution in [0, 0.1) is 0 Å². The molecular formula is C14H25NO6. The van der Waals surface area contributed by atoms with E-state index in [0.717, 1.165) is 0 Å². The molecule has 0 aromatic heterocycles. The molecule has 0 saturated heterocycles. The van der Waals surface area contributed by atoms with Gasteiger partial charge in [-0.05, 0) is 48.5 Å². The Kier molecular flexibility index (Phi) is 6.66. The SMILES string of the molecule is CCOC(=O)CN(C(=O)OC(C)(C)C)C(=O)OC(C)(C)C. The summed E-state index contributed by atoms with van der Waals surface area (Å²) in [5, 5.41) is 0. The lowest BCUT2D eigenvalue weighted by Crippen LogP contribution is -2.46. The van der Waals surface area contributed by atoms with Crippen LogP contribution in [0.25, 0.3) is 0 Å². The van der Waals surface area contributed by atoms with Gasteiger partial charge in [0.2, 0.25) is 0 Å². The minimum atomic E-state index is -0.954. The molecule has 0 aliphatic carbocycles. The van der Waals surface area contributed by atoms with Crippen molar-refractivity contribution in [2.45, 2.75) is 59.7 Å². The summed E-state index contributed by atoms with van der Waals surface area (Å²) in [5.74, 6) is -0.714. The molecule has 0 spiro atoms. The van der Waals surface area contributed by atoms with Crippen LogP contribution in [-0.2, 0) is 19.0 Å². The van der Waals surface area contributed by atoms with Crippen LogP contribution in [0.2, 0.25) is 0 Å². The smallest absolute Gasteiger partial charge is 0.420 e. The highest BCUT2D eigenvalue weighted by Crippen LogP contribution is 2.14. The maximum atomic E-state index is 12.0. The van der Waals surface area contributed by atoms with Gasteiger partial charge in [0, 0.05) is 0 Å². The maximum Gasteiger partial charge on any atom is 0.420 e. The molecule has 0 radical (unpaired) electrons. The van der Waals surface area contributed by atoms with Gasteiger partial charge in [-0.1, -0.05) is 0 Å². The van der Waals surface area contributed by atoms with Crippen molar-refractivity contribution in [2.24, 2.45) is 0 Å². The Morgan fingerprint density at radius 3 is 1.52 bits per heavy atom. The molecule has 0 rings (SSSR count). The highest BCUT2D eigenvalue weighted by molar-refractivity contribution is 5.92. The Bertz CT molecular complexity index is 363. The molecule has 0 saturated carbocycles. The molecule has 0 aliphatic heterocycles. The molecule has 0 aliphatic rings. The molecule has 0 N–H and O–H groups in total. The first-order chi connectivity index (χ1) is 9.35. The van der Waals surface area contributed by atoms with Crippen LogP contribution in [0.3, 0.4) is 0 Å². The summed E-state index contributed by atoms with van der Waals surface area (Å²) >= 11 is 0. The van der Waals surface area contributed by atoms with Gasteiger partial charge in [0.1, 0.15) is 17.7 Å². The number of amides is 2. The number of hydrogen-bond acceptors (Lipinski definition) is 6. The van der Waals surface area contributed by atoms with Gasteiger partial charge in [-0.25, -0.2) is 14.5 Å². The number of imide groups is 1. The van der Waals surface area contributed by atoms with Crippen molar-refractivity contribution in [2.75, 3.05) is 13.2 Å². The highest BCUT2D eigenvalue weighted by atomic mass is 16.6. The van der Waals surface area contributed by atoms with E-state index in [-0.39, 0.29) is 6.61 Å². The Morgan fingerprint density at radius 2 is 1.24 bits per heavy atom. The monoisotopic (exact) mass is 303 g/mol. The molecule has 7 heteroatoms. The molecule has 7 nitrogen and oxygen atoms in total. The van der Waals surface area contributed by atoms with Crippen molar-refractivity contribution in [3.63, 3.8) is 0 Å². The van der Waals surface area contributed by atoms with Gasteiger partial charge < -0.3 is 14.2 Å². The summed E-state index contributed by atoms with van der Waals surface area (Å²) in [6, 6.07) is 0. The second-order valence-electron chi connectivity index (χ2n) is 6.35. The minimum Gasteiger partial charge on any atom is -0.465 e. The molecule has 0 heterocycles. The summed E-state index contributed by atoms with van der Waals surface area (Å²) in [6.45, 7) is 11.2. The van der Waals surface area contributed by atoms with Crippen molar-refractivity contribution < 1.29 is 28.6 Å². The Morgan fingerprint density at radius 1 is 0.857 bits per heavy atom. The van der Waals surface area contributed by atoms with E-state index >= 15 is 0 Å². The van der Waals surface area contributed by atoms with Crippen LogP contribution in [0.1, 0.15) is 48.5 Å². The second-order valence-corrected chi connectivity index (χ2v) is 6.35. The van der Waals surface area contributed by atoms with Crippen LogP contribution in [0.15, 0.2) is 0 Å². The van der Waals surface area contributed by atoms with Gasteiger partial charge in [0.15, 0.2) is 0 Å². The van der Waals surface area contributed by atoms with Gasteiger partial charge >= 0.3 is 18.2 Å². The van der Waals surface area contributed by atoms with Crippen LogP contribution >= 0.6 is 0 Å². The Balaban J connectivity index is 5.04. The summed E-state index contributed by atoms with van der Waals surface area (Å²) in [6.07, 6.45) is -1.91. The zero-order valence-corrected chi connectivity index (χ0v) is 13.8. The second kappa shape index (κ2) is 7.28. The fourth-order valence-electron chi connectivity index (χ4n) is 1.17. The fourth-order valence-corrected chi connectivity index (χ4v) is 1.17. The number of hydrogen-bond donors (Lipinski definition) is 0. The topological polar surface area (TPSA) is 82.1 Å². The lowest BCUT2D eigenvalue weighted by atomic mass is 10.2. The number of rotatable bonds is 3. The largest absolute Gasteiger partial charge is 0.465 e. The zero-order chi connectivity index (χ0) is 16.8. The lowest BCUT2D eigenvalue weighted by molar-refractivity contribution is -0.144. The van der Waals surface area contributed by atoms with Gasteiger partial charge in [-0.2, -0.15) is 0 Å². The summed E-state index contributed by atoms with van der Waals surface area (Å²) in [4.78, 5) is 36.1. The Hall–Kier alpha value is -1.79. The molecule has 21 heavy (non-hydrogen) atoms. The number of esters is 1. The third kappa shape index (κ3) is 8.88. The van der Waals surface area contributed by atoms with E-state index in [1.54, 1.807) is 48.5 Å². The fraction of sp³-hybridized carbons (Fsp3) is 0.786. The maximum absolute atomic E-state index is 12.0. The number of carbonyl (C=O) groups is 3. The zero-order valence-electron chi connectivity index (χ0n) is 13.8. The van der Waals surface area contributed by atoms with E-state index in [0.29, 0.717) is 4.90 Å². The third-order valence-corrected chi connectivity index (χ3v) is 1.82. The molecule has 2 amide bonds. The number of carbonyl (C=O) groups excluding carboxylic acids is 3. The third-order valence-electron chi connectivity index (χ3n) is 1.82. The average molecular weight is 303 g/mol. The Labute approximate surface area is 125 Å². The predicted octanol–water partition coefficient (Wildman–Crippen LogP) is 2.72. The quantitative estimate of drug-likeness (QED) is 0.589. The first-order valence-corrected chi connectivity index (χ1v) is 6.75. The van der Waals surface area contributed by atoms with E-state index in [4.69, 9.17) is 14.2 Å². The highest BCUT2D eigenvalue weighted by Gasteiger charge is 2.33. The molecule has 122 valence electrons. The molecule has 0 unspecified atom stereocenters. The first-order valence-electron chi connectivity index (χ1n) is 6.75. The van der Waals surface area contributed by atoms with Gasteiger partial charge in [-0.3, -0.25) is 4.79 Å². The van der Waals surface area contributed by atoms with E-state index in [1.165, 1.54) is 0 Å². The van der Waals surface area contributed by atoms with Crippen molar-refractivity contribution >= 4 is 18.2 Å². The number of ether oxygens (including phenoxy) is 3. The average Bonchev–Trinajstić information content (AvgIpc) is 2.20. The van der Waals surface area contributed by atoms with Crippen LogP contribution in [-0.4, -0.2) is 47.4 Å². The first kappa shape index (κ1) is 19.2. The van der Waals surface area contributed by atoms with Gasteiger partial charge in [-0.15, -0.1) is 0 Å². The minimum absolute atomic E-state index is 0.148. The van der Waals surface area contributed by atoms with Crippen molar-refractivity contribution in [1.82, 2.24) is 4.90 Å². The van der Waals surface area contributed by atoms with Crippen LogP contribution in [0.5, 0.6) is 0 Å².